The molecule has 3 N–H and O–H groups in total. The standard InChI is InChI=1S/C20H24ClN3O/c21-18-5-1-4-17(11-18)20(14-22)8-6-16(7-9-20)19(25)24-13-15-3-2-10-23-12-15/h1-5,10-12,16H,6-9,13-14,22H2,(H,24,25). The van der Waals surface area contributed by atoms with Crippen molar-refractivity contribution in [2.75, 3.05) is 6.54 Å². The molecule has 1 aliphatic rings. The second kappa shape index (κ2) is 7.98. The summed E-state index contributed by atoms with van der Waals surface area (Å²) in [6.45, 7) is 1.11. The van der Waals surface area contributed by atoms with Gasteiger partial charge in [-0.05, 0) is 55.0 Å². The summed E-state index contributed by atoms with van der Waals surface area (Å²) in [6.07, 6.45) is 7.03. The first kappa shape index (κ1) is 17.9. The number of hydrogen-bond acceptors (Lipinski definition) is 3. The number of carbonyl (C=O) groups excluding carboxylic acids is 1. The lowest BCUT2D eigenvalue weighted by Crippen LogP contribution is -2.42. The SMILES string of the molecule is NCC1(c2cccc(Cl)c2)CCC(C(=O)NCc2cccnc2)CC1. The van der Waals surface area contributed by atoms with Crippen LogP contribution in [0.15, 0.2) is 48.8 Å². The summed E-state index contributed by atoms with van der Waals surface area (Å²) in [5.74, 6) is 0.177. The fourth-order valence-corrected chi connectivity index (χ4v) is 3.89. The summed E-state index contributed by atoms with van der Waals surface area (Å²) in [7, 11) is 0. The van der Waals surface area contributed by atoms with Gasteiger partial charge in [0, 0.05) is 41.8 Å². The molecule has 2 aromatic rings. The van der Waals surface area contributed by atoms with Gasteiger partial charge in [-0.1, -0.05) is 29.8 Å². The average molecular weight is 358 g/mol. The largest absolute Gasteiger partial charge is 0.352 e. The molecule has 0 aliphatic heterocycles. The highest BCUT2D eigenvalue weighted by Gasteiger charge is 2.37. The third-order valence-electron chi connectivity index (χ3n) is 5.33. The molecule has 0 radical (unpaired) electrons. The predicted molar refractivity (Wildman–Crippen MR) is 100 cm³/mol. The Hall–Kier alpha value is -1.91. The van der Waals surface area contributed by atoms with Crippen molar-refractivity contribution in [3.63, 3.8) is 0 Å². The quantitative estimate of drug-likeness (QED) is 0.861. The van der Waals surface area contributed by atoms with Crippen molar-refractivity contribution in [3.8, 4) is 0 Å². The highest BCUT2D eigenvalue weighted by molar-refractivity contribution is 6.30. The van der Waals surface area contributed by atoms with Gasteiger partial charge >= 0.3 is 0 Å². The van der Waals surface area contributed by atoms with Gasteiger partial charge in [-0.15, -0.1) is 0 Å². The van der Waals surface area contributed by atoms with Crippen molar-refractivity contribution in [1.29, 1.82) is 0 Å². The van der Waals surface area contributed by atoms with E-state index in [1.807, 2.05) is 30.3 Å². The van der Waals surface area contributed by atoms with Crippen molar-refractivity contribution in [1.82, 2.24) is 10.3 Å². The van der Waals surface area contributed by atoms with Gasteiger partial charge < -0.3 is 11.1 Å². The molecule has 1 aromatic heterocycles. The molecule has 4 nitrogen and oxygen atoms in total. The Labute approximate surface area is 153 Å². The summed E-state index contributed by atoms with van der Waals surface area (Å²) < 4.78 is 0. The molecular formula is C20H24ClN3O. The van der Waals surface area contributed by atoms with Crippen molar-refractivity contribution < 1.29 is 4.79 Å². The first-order chi connectivity index (χ1) is 12.1. The van der Waals surface area contributed by atoms with Gasteiger partial charge in [-0.25, -0.2) is 0 Å². The van der Waals surface area contributed by atoms with E-state index in [4.69, 9.17) is 17.3 Å². The molecule has 0 spiro atoms. The Balaban J connectivity index is 1.59. The fraction of sp³-hybridized carbons (Fsp3) is 0.400. The summed E-state index contributed by atoms with van der Waals surface area (Å²) >= 11 is 6.15. The van der Waals surface area contributed by atoms with Crippen LogP contribution in [0.1, 0.15) is 36.8 Å². The van der Waals surface area contributed by atoms with E-state index >= 15 is 0 Å². The van der Waals surface area contributed by atoms with E-state index < -0.39 is 0 Å². The van der Waals surface area contributed by atoms with Crippen molar-refractivity contribution >= 4 is 17.5 Å². The number of nitrogens with two attached hydrogens (primary N) is 1. The predicted octanol–water partition coefficient (Wildman–Crippen LogP) is 3.44. The Morgan fingerprint density at radius 1 is 1.28 bits per heavy atom. The third-order valence-corrected chi connectivity index (χ3v) is 5.57. The van der Waals surface area contributed by atoms with Crippen LogP contribution in [0.3, 0.4) is 0 Å². The molecule has 1 saturated carbocycles. The minimum absolute atomic E-state index is 0.0514. The number of carbonyl (C=O) groups is 1. The molecule has 25 heavy (non-hydrogen) atoms. The number of rotatable bonds is 5. The highest BCUT2D eigenvalue weighted by atomic mass is 35.5. The number of benzene rings is 1. The molecule has 5 heteroatoms. The van der Waals surface area contributed by atoms with E-state index in [0.717, 1.165) is 36.3 Å². The van der Waals surface area contributed by atoms with Crippen LogP contribution < -0.4 is 11.1 Å². The molecule has 0 bridgehead atoms. The maximum absolute atomic E-state index is 12.5. The normalized spacial score (nSPS) is 23.2. The van der Waals surface area contributed by atoms with Gasteiger partial charge in [0.1, 0.15) is 0 Å². The van der Waals surface area contributed by atoms with E-state index in [-0.39, 0.29) is 17.2 Å². The molecule has 3 rings (SSSR count). The summed E-state index contributed by atoms with van der Waals surface area (Å²) in [5, 5.41) is 3.77. The number of hydrogen-bond donors (Lipinski definition) is 2. The van der Waals surface area contributed by atoms with Gasteiger partial charge in [-0.2, -0.15) is 0 Å². The van der Waals surface area contributed by atoms with Crippen LogP contribution in [0.5, 0.6) is 0 Å². The van der Waals surface area contributed by atoms with Gasteiger partial charge in [0.2, 0.25) is 5.91 Å². The van der Waals surface area contributed by atoms with Crippen LogP contribution in [0.2, 0.25) is 5.02 Å². The number of nitrogens with one attached hydrogen (secondary N) is 1. The lowest BCUT2D eigenvalue weighted by Gasteiger charge is -2.39. The molecule has 0 saturated heterocycles. The van der Waals surface area contributed by atoms with E-state index in [9.17, 15) is 4.79 Å². The zero-order chi connectivity index (χ0) is 17.7. The average Bonchev–Trinajstić information content (AvgIpc) is 2.67. The molecule has 0 unspecified atom stereocenters. The lowest BCUT2D eigenvalue weighted by molar-refractivity contribution is -0.126. The topological polar surface area (TPSA) is 68.0 Å². The molecule has 0 atom stereocenters. The second-order valence-electron chi connectivity index (χ2n) is 6.85. The molecule has 1 fully saturated rings. The van der Waals surface area contributed by atoms with E-state index in [1.165, 1.54) is 5.56 Å². The number of amides is 1. The van der Waals surface area contributed by atoms with E-state index in [0.29, 0.717) is 13.1 Å². The van der Waals surface area contributed by atoms with Crippen molar-refractivity contribution in [3.05, 3.63) is 64.9 Å². The van der Waals surface area contributed by atoms with Crippen molar-refractivity contribution in [2.45, 2.75) is 37.6 Å². The van der Waals surface area contributed by atoms with Crippen molar-refractivity contribution in [2.24, 2.45) is 11.7 Å². The first-order valence-electron chi connectivity index (χ1n) is 8.76. The Morgan fingerprint density at radius 2 is 2.08 bits per heavy atom. The number of nitrogens with zero attached hydrogens (tertiary/aromatic N) is 1. The lowest BCUT2D eigenvalue weighted by atomic mass is 9.66. The van der Waals surface area contributed by atoms with Crippen LogP contribution in [-0.2, 0) is 16.8 Å². The zero-order valence-electron chi connectivity index (χ0n) is 14.2. The molecule has 1 heterocycles. The van der Waals surface area contributed by atoms with Crippen LogP contribution in [-0.4, -0.2) is 17.4 Å². The second-order valence-corrected chi connectivity index (χ2v) is 7.28. The van der Waals surface area contributed by atoms with Gasteiger partial charge in [0.15, 0.2) is 0 Å². The number of aromatic nitrogens is 1. The van der Waals surface area contributed by atoms with Crippen LogP contribution in [0, 0.1) is 5.92 Å². The van der Waals surface area contributed by atoms with E-state index in [2.05, 4.69) is 16.4 Å². The van der Waals surface area contributed by atoms with Crippen LogP contribution in [0.4, 0.5) is 0 Å². The number of pyridine rings is 1. The van der Waals surface area contributed by atoms with Gasteiger partial charge in [-0.3, -0.25) is 9.78 Å². The molecule has 1 amide bonds. The Morgan fingerprint density at radius 3 is 2.72 bits per heavy atom. The Bertz CT molecular complexity index is 712. The maximum atomic E-state index is 12.5. The highest BCUT2D eigenvalue weighted by Crippen LogP contribution is 2.41. The number of halogens is 1. The van der Waals surface area contributed by atoms with Crippen LogP contribution >= 0.6 is 11.6 Å². The molecule has 132 valence electrons. The molecule has 1 aliphatic carbocycles. The smallest absolute Gasteiger partial charge is 0.223 e. The van der Waals surface area contributed by atoms with E-state index in [1.54, 1.807) is 12.4 Å². The Kier molecular flexibility index (Phi) is 5.71. The first-order valence-corrected chi connectivity index (χ1v) is 9.13. The summed E-state index contributed by atoms with van der Waals surface area (Å²) in [5.41, 5.74) is 8.27. The molecular weight excluding hydrogens is 334 g/mol. The zero-order valence-corrected chi connectivity index (χ0v) is 15.0. The van der Waals surface area contributed by atoms with Crippen LogP contribution in [0.25, 0.3) is 0 Å². The van der Waals surface area contributed by atoms with Gasteiger partial charge in [0.25, 0.3) is 0 Å². The third kappa shape index (κ3) is 4.20. The summed E-state index contributed by atoms with van der Waals surface area (Å²) in [6, 6.07) is 11.8. The minimum Gasteiger partial charge on any atom is -0.352 e. The fourth-order valence-electron chi connectivity index (χ4n) is 3.70. The monoisotopic (exact) mass is 357 g/mol. The maximum Gasteiger partial charge on any atom is 0.223 e. The minimum atomic E-state index is -0.0645. The summed E-state index contributed by atoms with van der Waals surface area (Å²) in [4.78, 5) is 16.5. The molecule has 1 aromatic carbocycles. The van der Waals surface area contributed by atoms with Gasteiger partial charge in [0.05, 0.1) is 0 Å².